The van der Waals surface area contributed by atoms with E-state index in [0.29, 0.717) is 17.8 Å². The molecule has 0 unspecified atom stereocenters. The van der Waals surface area contributed by atoms with E-state index in [9.17, 15) is 13.2 Å². The molecule has 1 amide bonds. The summed E-state index contributed by atoms with van der Waals surface area (Å²) < 4.78 is 26.5. The largest absolute Gasteiger partial charge is 0.348 e. The Kier molecular flexibility index (Phi) is 5.63. The van der Waals surface area contributed by atoms with Crippen molar-refractivity contribution < 1.29 is 13.2 Å². The first-order valence-corrected chi connectivity index (χ1v) is 10.1. The molecule has 0 aliphatic heterocycles. The molecule has 1 aromatic carbocycles. The van der Waals surface area contributed by atoms with E-state index < -0.39 is 10.0 Å². The number of carbonyl (C=O) groups excluding carboxylic acids is 1. The number of sulfonamides is 1. The number of pyridine rings is 1. The molecular formula is C18H19N5O3S. The van der Waals surface area contributed by atoms with Gasteiger partial charge in [0.2, 0.25) is 10.0 Å². The Morgan fingerprint density at radius 3 is 2.59 bits per heavy atom. The summed E-state index contributed by atoms with van der Waals surface area (Å²) in [5.74, 6) is -0.248. The van der Waals surface area contributed by atoms with Gasteiger partial charge >= 0.3 is 0 Å². The molecule has 0 saturated heterocycles. The molecule has 2 aromatic heterocycles. The van der Waals surface area contributed by atoms with E-state index in [-0.39, 0.29) is 12.5 Å². The standard InChI is InChI=1S/C18H19N5O3S/c1-27(25,26)22-12-15-5-2-4-14(10-15)11-20-18(24)16-6-8-19-13-17(16)23-9-3-7-21-23/h2-10,13,22H,11-12H2,1H3,(H,20,24). The van der Waals surface area contributed by atoms with E-state index in [1.54, 1.807) is 41.6 Å². The molecule has 0 radical (unpaired) electrons. The van der Waals surface area contributed by atoms with Crippen molar-refractivity contribution >= 4 is 15.9 Å². The molecule has 0 aliphatic rings. The van der Waals surface area contributed by atoms with Crippen molar-refractivity contribution in [3.63, 3.8) is 0 Å². The lowest BCUT2D eigenvalue weighted by molar-refractivity contribution is 0.0950. The van der Waals surface area contributed by atoms with Crippen molar-refractivity contribution in [2.75, 3.05) is 6.26 Å². The van der Waals surface area contributed by atoms with Gasteiger partial charge in [0.15, 0.2) is 0 Å². The molecule has 0 atom stereocenters. The van der Waals surface area contributed by atoms with Crippen LogP contribution in [0.1, 0.15) is 21.5 Å². The predicted molar refractivity (Wildman–Crippen MR) is 101 cm³/mol. The van der Waals surface area contributed by atoms with Crippen LogP contribution >= 0.6 is 0 Å². The summed E-state index contributed by atoms with van der Waals surface area (Å²) in [6.07, 6.45) is 7.62. The molecule has 3 aromatic rings. The van der Waals surface area contributed by atoms with Crippen molar-refractivity contribution in [3.8, 4) is 5.69 Å². The van der Waals surface area contributed by atoms with Gasteiger partial charge in [-0.3, -0.25) is 9.78 Å². The Morgan fingerprint density at radius 2 is 1.89 bits per heavy atom. The van der Waals surface area contributed by atoms with Gasteiger partial charge < -0.3 is 5.32 Å². The van der Waals surface area contributed by atoms with Crippen molar-refractivity contribution in [2.24, 2.45) is 0 Å². The van der Waals surface area contributed by atoms with Gasteiger partial charge in [0.05, 0.1) is 23.7 Å². The van der Waals surface area contributed by atoms with E-state index in [2.05, 4.69) is 20.1 Å². The maximum absolute atomic E-state index is 12.6. The molecule has 3 rings (SSSR count). The highest BCUT2D eigenvalue weighted by Gasteiger charge is 2.13. The van der Waals surface area contributed by atoms with Crippen LogP contribution in [0.15, 0.2) is 61.2 Å². The lowest BCUT2D eigenvalue weighted by Gasteiger charge is -2.10. The predicted octanol–water partition coefficient (Wildman–Crippen LogP) is 1.25. The van der Waals surface area contributed by atoms with Crippen LogP contribution < -0.4 is 10.0 Å². The zero-order chi connectivity index (χ0) is 19.3. The molecule has 9 heteroatoms. The summed E-state index contributed by atoms with van der Waals surface area (Å²) in [7, 11) is -3.26. The monoisotopic (exact) mass is 385 g/mol. The zero-order valence-corrected chi connectivity index (χ0v) is 15.5. The fourth-order valence-corrected chi connectivity index (χ4v) is 2.94. The van der Waals surface area contributed by atoms with Gasteiger partial charge in [-0.1, -0.05) is 24.3 Å². The second kappa shape index (κ2) is 8.11. The molecular weight excluding hydrogens is 366 g/mol. The van der Waals surface area contributed by atoms with Gasteiger partial charge in [-0.25, -0.2) is 17.8 Å². The number of nitrogens with zero attached hydrogens (tertiary/aromatic N) is 3. The average Bonchev–Trinajstić information content (AvgIpc) is 3.19. The van der Waals surface area contributed by atoms with Crippen molar-refractivity contribution in [3.05, 3.63) is 77.9 Å². The molecule has 0 fully saturated rings. The van der Waals surface area contributed by atoms with Crippen LogP contribution in [0.2, 0.25) is 0 Å². The number of amides is 1. The molecule has 0 spiro atoms. The number of rotatable bonds is 7. The van der Waals surface area contributed by atoms with Crippen molar-refractivity contribution in [2.45, 2.75) is 13.1 Å². The maximum Gasteiger partial charge on any atom is 0.253 e. The highest BCUT2D eigenvalue weighted by molar-refractivity contribution is 7.88. The highest BCUT2D eigenvalue weighted by atomic mass is 32.2. The van der Waals surface area contributed by atoms with Crippen LogP contribution in [0.5, 0.6) is 0 Å². The van der Waals surface area contributed by atoms with Gasteiger partial charge in [-0.05, 0) is 23.3 Å². The van der Waals surface area contributed by atoms with Crippen LogP contribution in [-0.2, 0) is 23.1 Å². The molecule has 0 saturated carbocycles. The zero-order valence-electron chi connectivity index (χ0n) is 14.7. The first kappa shape index (κ1) is 18.7. The molecule has 2 heterocycles. The van der Waals surface area contributed by atoms with Crippen LogP contribution in [0.4, 0.5) is 0 Å². The number of benzene rings is 1. The highest BCUT2D eigenvalue weighted by Crippen LogP contribution is 2.12. The second-order valence-corrected chi connectivity index (χ2v) is 7.77. The summed E-state index contributed by atoms with van der Waals surface area (Å²) >= 11 is 0. The van der Waals surface area contributed by atoms with Crippen LogP contribution in [0.25, 0.3) is 5.69 Å². The summed E-state index contributed by atoms with van der Waals surface area (Å²) in [5.41, 5.74) is 2.73. The molecule has 0 aliphatic carbocycles. The molecule has 2 N–H and O–H groups in total. The lowest BCUT2D eigenvalue weighted by atomic mass is 10.1. The summed E-state index contributed by atoms with van der Waals surface area (Å²) in [5, 5.41) is 7.01. The average molecular weight is 385 g/mol. The van der Waals surface area contributed by atoms with Gasteiger partial charge in [-0.2, -0.15) is 5.10 Å². The fourth-order valence-electron chi connectivity index (χ4n) is 2.51. The Labute approximate surface area is 157 Å². The van der Waals surface area contributed by atoms with Gasteiger partial charge in [-0.15, -0.1) is 0 Å². The van der Waals surface area contributed by atoms with E-state index in [1.165, 1.54) is 0 Å². The van der Waals surface area contributed by atoms with Crippen LogP contribution in [0, 0.1) is 0 Å². The third-order valence-electron chi connectivity index (χ3n) is 3.78. The van der Waals surface area contributed by atoms with E-state index >= 15 is 0 Å². The number of aromatic nitrogens is 3. The van der Waals surface area contributed by atoms with Gasteiger partial charge in [0.25, 0.3) is 5.91 Å². The normalized spacial score (nSPS) is 11.3. The SMILES string of the molecule is CS(=O)(=O)NCc1cccc(CNC(=O)c2ccncc2-n2cccn2)c1. The second-order valence-electron chi connectivity index (χ2n) is 5.94. The molecule has 0 bridgehead atoms. The Balaban J connectivity index is 1.68. The number of hydrogen-bond acceptors (Lipinski definition) is 5. The Morgan fingerprint density at radius 1 is 1.11 bits per heavy atom. The molecule has 27 heavy (non-hydrogen) atoms. The summed E-state index contributed by atoms with van der Waals surface area (Å²) in [6.45, 7) is 0.515. The topological polar surface area (TPSA) is 106 Å². The summed E-state index contributed by atoms with van der Waals surface area (Å²) in [6, 6.07) is 10.8. The van der Waals surface area contributed by atoms with Crippen LogP contribution in [-0.4, -0.2) is 35.3 Å². The maximum atomic E-state index is 12.6. The van der Waals surface area contributed by atoms with Crippen molar-refractivity contribution in [1.82, 2.24) is 24.8 Å². The third-order valence-corrected chi connectivity index (χ3v) is 4.45. The first-order chi connectivity index (χ1) is 12.9. The molecule has 8 nitrogen and oxygen atoms in total. The minimum Gasteiger partial charge on any atom is -0.348 e. The number of carbonyl (C=O) groups is 1. The van der Waals surface area contributed by atoms with E-state index in [0.717, 1.165) is 17.4 Å². The fraction of sp³-hybridized carbons (Fsp3) is 0.167. The third kappa shape index (κ3) is 5.22. The number of nitrogens with one attached hydrogen (secondary N) is 2. The van der Waals surface area contributed by atoms with Crippen molar-refractivity contribution in [1.29, 1.82) is 0 Å². The van der Waals surface area contributed by atoms with Gasteiger partial charge in [0.1, 0.15) is 0 Å². The minimum absolute atomic E-state index is 0.203. The van der Waals surface area contributed by atoms with Gasteiger partial charge in [0, 0.05) is 31.7 Å². The Hall–Kier alpha value is -3.04. The minimum atomic E-state index is -3.26. The van der Waals surface area contributed by atoms with E-state index in [4.69, 9.17) is 0 Å². The Bertz CT molecular complexity index is 1030. The molecule has 140 valence electrons. The smallest absolute Gasteiger partial charge is 0.253 e. The van der Waals surface area contributed by atoms with Crippen LogP contribution in [0.3, 0.4) is 0 Å². The number of hydrogen-bond donors (Lipinski definition) is 2. The van der Waals surface area contributed by atoms with E-state index in [1.807, 2.05) is 24.3 Å². The summed E-state index contributed by atoms with van der Waals surface area (Å²) in [4.78, 5) is 16.7. The quantitative estimate of drug-likeness (QED) is 0.637. The first-order valence-electron chi connectivity index (χ1n) is 8.17. The lowest BCUT2D eigenvalue weighted by Crippen LogP contribution is -2.25.